The van der Waals surface area contributed by atoms with Crippen molar-refractivity contribution in [3.05, 3.63) is 29.8 Å². The third-order valence-electron chi connectivity index (χ3n) is 4.76. The number of hydrogen-bond donors (Lipinski definition) is 3. The largest absolute Gasteiger partial charge is 0.507 e. The Bertz CT molecular complexity index is 581. The Labute approximate surface area is 180 Å². The standard InChI is InChI=1S/C23H38N2O3S/c1-2-3-4-5-6-7-8-9-10-13-18-29-19-22(27)24-16-17-25-23(28)20-14-11-12-15-21(20)26/h11-12,14-15,26H,2-10,13,16-19H2,1H3,(H,24,27)(H,25,28). The van der Waals surface area contributed by atoms with Gasteiger partial charge < -0.3 is 15.7 Å². The lowest BCUT2D eigenvalue weighted by Crippen LogP contribution is -2.35. The highest BCUT2D eigenvalue weighted by atomic mass is 32.2. The molecule has 0 aliphatic rings. The molecule has 0 unspecified atom stereocenters. The van der Waals surface area contributed by atoms with E-state index in [4.69, 9.17) is 0 Å². The molecule has 6 heteroatoms. The molecular formula is C23H38N2O3S. The van der Waals surface area contributed by atoms with Gasteiger partial charge in [-0.25, -0.2) is 0 Å². The number of carbonyl (C=O) groups is 2. The Kier molecular flexibility index (Phi) is 15.0. The Morgan fingerprint density at radius 1 is 0.862 bits per heavy atom. The van der Waals surface area contributed by atoms with Crippen LogP contribution in [0.3, 0.4) is 0 Å². The molecule has 0 spiro atoms. The zero-order chi connectivity index (χ0) is 21.2. The van der Waals surface area contributed by atoms with E-state index in [1.165, 1.54) is 70.3 Å². The van der Waals surface area contributed by atoms with E-state index in [9.17, 15) is 14.7 Å². The number of thioether (sulfide) groups is 1. The molecule has 0 aliphatic carbocycles. The topological polar surface area (TPSA) is 78.4 Å². The van der Waals surface area contributed by atoms with Crippen LogP contribution >= 0.6 is 11.8 Å². The predicted molar refractivity (Wildman–Crippen MR) is 123 cm³/mol. The van der Waals surface area contributed by atoms with Gasteiger partial charge in [-0.05, 0) is 24.3 Å². The normalized spacial score (nSPS) is 10.7. The Morgan fingerprint density at radius 2 is 1.45 bits per heavy atom. The lowest BCUT2D eigenvalue weighted by molar-refractivity contribution is -0.118. The summed E-state index contributed by atoms with van der Waals surface area (Å²) in [7, 11) is 0. The van der Waals surface area contributed by atoms with Crippen LogP contribution in [0.2, 0.25) is 0 Å². The fraction of sp³-hybridized carbons (Fsp3) is 0.652. The van der Waals surface area contributed by atoms with Gasteiger partial charge in [0.1, 0.15) is 5.75 Å². The fourth-order valence-electron chi connectivity index (χ4n) is 3.05. The molecule has 1 aromatic carbocycles. The number of unbranched alkanes of at least 4 members (excludes halogenated alkanes) is 9. The van der Waals surface area contributed by atoms with Crippen LogP contribution < -0.4 is 10.6 Å². The van der Waals surface area contributed by atoms with Crippen molar-refractivity contribution in [2.75, 3.05) is 24.6 Å². The summed E-state index contributed by atoms with van der Waals surface area (Å²) in [5.41, 5.74) is 0.242. The van der Waals surface area contributed by atoms with E-state index in [0.717, 1.165) is 5.75 Å². The van der Waals surface area contributed by atoms with Crippen LogP contribution in [-0.4, -0.2) is 41.5 Å². The first-order valence-corrected chi connectivity index (χ1v) is 12.2. The van der Waals surface area contributed by atoms with Gasteiger partial charge in [0.15, 0.2) is 0 Å². The van der Waals surface area contributed by atoms with E-state index in [1.54, 1.807) is 30.0 Å². The maximum atomic E-state index is 11.9. The molecule has 0 atom stereocenters. The smallest absolute Gasteiger partial charge is 0.255 e. The Balaban J connectivity index is 1.89. The molecule has 0 saturated carbocycles. The van der Waals surface area contributed by atoms with Crippen LogP contribution in [0, 0.1) is 0 Å². The van der Waals surface area contributed by atoms with Crippen molar-refractivity contribution in [3.8, 4) is 5.75 Å². The summed E-state index contributed by atoms with van der Waals surface area (Å²) in [4.78, 5) is 23.7. The SMILES string of the molecule is CCCCCCCCCCCCSCC(=O)NCCNC(=O)c1ccccc1O. The summed E-state index contributed by atoms with van der Waals surface area (Å²) in [6, 6.07) is 6.40. The van der Waals surface area contributed by atoms with E-state index in [1.807, 2.05) is 0 Å². The molecule has 1 rings (SSSR count). The first-order valence-electron chi connectivity index (χ1n) is 11.1. The molecule has 164 valence electrons. The number of phenols is 1. The number of amides is 2. The van der Waals surface area contributed by atoms with E-state index in [2.05, 4.69) is 17.6 Å². The highest BCUT2D eigenvalue weighted by molar-refractivity contribution is 7.99. The number of para-hydroxylation sites is 1. The first-order chi connectivity index (χ1) is 14.1. The van der Waals surface area contributed by atoms with Gasteiger partial charge in [0.05, 0.1) is 11.3 Å². The second-order valence-corrected chi connectivity index (χ2v) is 8.46. The van der Waals surface area contributed by atoms with Crippen molar-refractivity contribution < 1.29 is 14.7 Å². The molecule has 0 bridgehead atoms. The average molecular weight is 423 g/mol. The summed E-state index contributed by atoms with van der Waals surface area (Å²) in [6.07, 6.45) is 13.3. The minimum Gasteiger partial charge on any atom is -0.507 e. The first kappa shape index (κ1) is 25.3. The number of hydrogen-bond acceptors (Lipinski definition) is 4. The number of aromatic hydroxyl groups is 1. The van der Waals surface area contributed by atoms with Crippen LogP contribution in [0.5, 0.6) is 5.75 Å². The number of nitrogens with one attached hydrogen (secondary N) is 2. The summed E-state index contributed by atoms with van der Waals surface area (Å²) >= 11 is 1.67. The zero-order valence-electron chi connectivity index (χ0n) is 17.9. The molecule has 0 saturated heterocycles. The third-order valence-corrected chi connectivity index (χ3v) is 5.80. The van der Waals surface area contributed by atoms with Crippen LogP contribution in [-0.2, 0) is 4.79 Å². The Hall–Kier alpha value is -1.69. The third kappa shape index (κ3) is 13.2. The van der Waals surface area contributed by atoms with Gasteiger partial charge in [-0.2, -0.15) is 11.8 Å². The maximum Gasteiger partial charge on any atom is 0.255 e. The van der Waals surface area contributed by atoms with Crippen molar-refractivity contribution >= 4 is 23.6 Å². The van der Waals surface area contributed by atoms with E-state index in [0.29, 0.717) is 18.8 Å². The lowest BCUT2D eigenvalue weighted by Gasteiger charge is -2.08. The van der Waals surface area contributed by atoms with Crippen LogP contribution in [0.1, 0.15) is 81.5 Å². The summed E-state index contributed by atoms with van der Waals surface area (Å²) < 4.78 is 0. The maximum absolute atomic E-state index is 11.9. The average Bonchev–Trinajstić information content (AvgIpc) is 2.72. The van der Waals surface area contributed by atoms with Crippen LogP contribution in [0.15, 0.2) is 24.3 Å². The molecule has 0 radical (unpaired) electrons. The van der Waals surface area contributed by atoms with Crippen LogP contribution in [0.25, 0.3) is 0 Å². The zero-order valence-corrected chi connectivity index (χ0v) is 18.7. The lowest BCUT2D eigenvalue weighted by atomic mass is 10.1. The highest BCUT2D eigenvalue weighted by Gasteiger charge is 2.09. The van der Waals surface area contributed by atoms with Crippen molar-refractivity contribution in [2.45, 2.75) is 71.1 Å². The van der Waals surface area contributed by atoms with Gasteiger partial charge >= 0.3 is 0 Å². The van der Waals surface area contributed by atoms with Crippen molar-refractivity contribution in [1.82, 2.24) is 10.6 Å². The van der Waals surface area contributed by atoms with Gasteiger partial charge in [0, 0.05) is 13.1 Å². The summed E-state index contributed by atoms with van der Waals surface area (Å²) in [6.45, 7) is 2.97. The molecule has 0 aromatic heterocycles. The monoisotopic (exact) mass is 422 g/mol. The number of rotatable bonds is 17. The Morgan fingerprint density at radius 3 is 2.10 bits per heavy atom. The van der Waals surface area contributed by atoms with Gasteiger partial charge in [-0.1, -0.05) is 76.8 Å². The molecule has 1 aromatic rings. The van der Waals surface area contributed by atoms with Crippen molar-refractivity contribution in [3.63, 3.8) is 0 Å². The number of phenolic OH excluding ortho intramolecular Hbond substituents is 1. The van der Waals surface area contributed by atoms with Crippen LogP contribution in [0.4, 0.5) is 0 Å². The minimum atomic E-state index is -0.340. The minimum absolute atomic E-state index is 0.00103. The highest BCUT2D eigenvalue weighted by Crippen LogP contribution is 2.15. The molecule has 29 heavy (non-hydrogen) atoms. The molecule has 0 aliphatic heterocycles. The molecule has 0 heterocycles. The van der Waals surface area contributed by atoms with Gasteiger partial charge in [-0.3, -0.25) is 9.59 Å². The fourth-order valence-corrected chi connectivity index (χ4v) is 3.89. The van der Waals surface area contributed by atoms with Crippen molar-refractivity contribution in [2.24, 2.45) is 0 Å². The van der Waals surface area contributed by atoms with Gasteiger partial charge in [-0.15, -0.1) is 0 Å². The van der Waals surface area contributed by atoms with E-state index < -0.39 is 0 Å². The second kappa shape index (κ2) is 17.2. The molecule has 5 nitrogen and oxygen atoms in total. The van der Waals surface area contributed by atoms with E-state index in [-0.39, 0.29) is 23.1 Å². The quantitative estimate of drug-likeness (QED) is 0.312. The molecular weight excluding hydrogens is 384 g/mol. The van der Waals surface area contributed by atoms with Gasteiger partial charge in [0.2, 0.25) is 5.91 Å². The van der Waals surface area contributed by atoms with Crippen molar-refractivity contribution in [1.29, 1.82) is 0 Å². The molecule has 0 fully saturated rings. The molecule has 3 N–H and O–H groups in total. The molecule has 2 amide bonds. The van der Waals surface area contributed by atoms with Gasteiger partial charge in [0.25, 0.3) is 5.91 Å². The number of benzene rings is 1. The second-order valence-electron chi connectivity index (χ2n) is 7.36. The predicted octanol–water partition coefficient (Wildman–Crippen LogP) is 4.89. The number of carbonyl (C=O) groups excluding carboxylic acids is 2. The summed E-state index contributed by atoms with van der Waals surface area (Å²) in [5.74, 6) is 1.10. The summed E-state index contributed by atoms with van der Waals surface area (Å²) in [5, 5.41) is 15.1. The van der Waals surface area contributed by atoms with E-state index >= 15 is 0 Å².